The quantitative estimate of drug-likeness (QED) is 0.396. The van der Waals surface area contributed by atoms with Crippen LogP contribution in [0.2, 0.25) is 0 Å². The van der Waals surface area contributed by atoms with Crippen molar-refractivity contribution in [1.29, 1.82) is 0 Å². The Morgan fingerprint density at radius 2 is 1.90 bits per heavy atom. The predicted octanol–water partition coefficient (Wildman–Crippen LogP) is 5.36. The third kappa shape index (κ3) is 6.39. The van der Waals surface area contributed by atoms with Gasteiger partial charge in [0.25, 0.3) is 5.91 Å². The Hall–Kier alpha value is -3.27. The molecule has 4 heteroatoms. The smallest absolute Gasteiger partial charge is 0.252 e. The van der Waals surface area contributed by atoms with Crippen LogP contribution in [0.1, 0.15) is 37.2 Å². The summed E-state index contributed by atoms with van der Waals surface area (Å²) >= 11 is 0. The number of hydrogen-bond acceptors (Lipinski definition) is 3. The maximum absolute atomic E-state index is 12.8. The first-order valence-electron chi connectivity index (χ1n) is 9.96. The van der Waals surface area contributed by atoms with E-state index in [1.54, 1.807) is 12.3 Å². The summed E-state index contributed by atoms with van der Waals surface area (Å²) in [6.07, 6.45) is 5.25. The van der Waals surface area contributed by atoms with Crippen molar-refractivity contribution in [2.24, 2.45) is 0 Å². The summed E-state index contributed by atoms with van der Waals surface area (Å²) in [5, 5.41) is 3.03. The summed E-state index contributed by atoms with van der Waals surface area (Å²) in [5.74, 6) is 1.43. The lowest BCUT2D eigenvalue weighted by atomic mass is 10.0. The van der Waals surface area contributed by atoms with Crippen LogP contribution in [0.3, 0.4) is 0 Å². The van der Waals surface area contributed by atoms with Gasteiger partial charge >= 0.3 is 0 Å². The fourth-order valence-corrected chi connectivity index (χ4v) is 3.05. The Labute approximate surface area is 172 Å². The van der Waals surface area contributed by atoms with Crippen molar-refractivity contribution in [3.63, 3.8) is 0 Å². The van der Waals surface area contributed by atoms with Crippen LogP contribution in [0.5, 0.6) is 5.75 Å². The Balaban J connectivity index is 1.58. The summed E-state index contributed by atoms with van der Waals surface area (Å²) in [5.41, 5.74) is 2.65. The number of benzene rings is 2. The van der Waals surface area contributed by atoms with Gasteiger partial charge in [-0.05, 0) is 68.2 Å². The fraction of sp³-hybridized carbons (Fsp3) is 0.240. The zero-order valence-electron chi connectivity index (χ0n) is 16.9. The molecule has 1 heterocycles. The van der Waals surface area contributed by atoms with Crippen LogP contribution in [0.25, 0.3) is 11.6 Å². The zero-order valence-corrected chi connectivity index (χ0v) is 16.9. The molecule has 1 N–H and O–H groups in total. The van der Waals surface area contributed by atoms with Crippen molar-refractivity contribution in [3.8, 4) is 5.75 Å². The molecule has 150 valence electrons. The molecule has 0 spiro atoms. The molecule has 3 aromatic rings. The highest BCUT2D eigenvalue weighted by Gasteiger charge is 2.12. The number of nitrogens with one attached hydrogen (secondary N) is 1. The normalized spacial score (nSPS) is 11.5. The molecule has 4 nitrogen and oxygen atoms in total. The van der Waals surface area contributed by atoms with Gasteiger partial charge in [0.1, 0.15) is 11.5 Å². The van der Waals surface area contributed by atoms with E-state index in [4.69, 9.17) is 9.15 Å². The first-order chi connectivity index (χ1) is 14.1. The highest BCUT2D eigenvalue weighted by Crippen LogP contribution is 2.19. The van der Waals surface area contributed by atoms with Crippen molar-refractivity contribution in [1.82, 2.24) is 5.32 Å². The SMILES string of the molecule is CC(C)Oc1cccc(CCCNC(=O)/C(=C/c2ccco2)c2ccccc2)c1. The number of furan rings is 1. The largest absolute Gasteiger partial charge is 0.491 e. The maximum atomic E-state index is 12.8. The van der Waals surface area contributed by atoms with E-state index >= 15 is 0 Å². The van der Waals surface area contributed by atoms with Crippen molar-refractivity contribution >= 4 is 17.6 Å². The molecule has 0 aliphatic carbocycles. The minimum atomic E-state index is -0.107. The van der Waals surface area contributed by atoms with Crippen molar-refractivity contribution in [2.75, 3.05) is 6.54 Å². The van der Waals surface area contributed by atoms with E-state index in [1.165, 1.54) is 5.56 Å². The third-order valence-electron chi connectivity index (χ3n) is 4.36. The summed E-state index contributed by atoms with van der Waals surface area (Å²) < 4.78 is 11.1. The van der Waals surface area contributed by atoms with Crippen LogP contribution in [0.15, 0.2) is 77.4 Å². The molecule has 0 saturated carbocycles. The van der Waals surface area contributed by atoms with Crippen LogP contribution < -0.4 is 10.1 Å². The molecule has 3 rings (SSSR count). The van der Waals surface area contributed by atoms with Crippen LogP contribution in [-0.2, 0) is 11.2 Å². The lowest BCUT2D eigenvalue weighted by molar-refractivity contribution is -0.115. The van der Waals surface area contributed by atoms with Crippen LogP contribution >= 0.6 is 0 Å². The van der Waals surface area contributed by atoms with Crippen molar-refractivity contribution in [2.45, 2.75) is 32.8 Å². The number of ether oxygens (including phenoxy) is 1. The molecular formula is C25H27NO3. The van der Waals surface area contributed by atoms with Gasteiger partial charge in [0, 0.05) is 6.54 Å². The van der Waals surface area contributed by atoms with E-state index in [0.29, 0.717) is 17.9 Å². The number of rotatable bonds is 9. The Morgan fingerprint density at radius 1 is 1.07 bits per heavy atom. The van der Waals surface area contributed by atoms with Gasteiger partial charge in [-0.15, -0.1) is 0 Å². The fourth-order valence-electron chi connectivity index (χ4n) is 3.05. The number of hydrogen-bond donors (Lipinski definition) is 1. The number of amides is 1. The van der Waals surface area contributed by atoms with Crippen molar-refractivity contribution < 1.29 is 13.9 Å². The summed E-state index contributed by atoms with van der Waals surface area (Å²) in [4.78, 5) is 12.8. The van der Waals surface area contributed by atoms with Gasteiger partial charge in [0.15, 0.2) is 0 Å². The number of carbonyl (C=O) groups is 1. The second kappa shape index (κ2) is 10.3. The van der Waals surface area contributed by atoms with Gasteiger partial charge in [-0.2, -0.15) is 0 Å². The summed E-state index contributed by atoms with van der Waals surface area (Å²) in [6, 6.07) is 21.4. The average molecular weight is 389 g/mol. The summed E-state index contributed by atoms with van der Waals surface area (Å²) in [7, 11) is 0. The highest BCUT2D eigenvalue weighted by molar-refractivity contribution is 6.24. The lowest BCUT2D eigenvalue weighted by Gasteiger charge is -2.11. The number of aryl methyl sites for hydroxylation is 1. The lowest BCUT2D eigenvalue weighted by Crippen LogP contribution is -2.25. The summed E-state index contributed by atoms with van der Waals surface area (Å²) in [6.45, 7) is 4.63. The first kappa shape index (κ1) is 20.5. The second-order valence-corrected chi connectivity index (χ2v) is 7.11. The van der Waals surface area contributed by atoms with E-state index in [2.05, 4.69) is 17.4 Å². The molecule has 0 aliphatic rings. The molecule has 0 saturated heterocycles. The van der Waals surface area contributed by atoms with E-state index in [0.717, 1.165) is 24.2 Å². The second-order valence-electron chi connectivity index (χ2n) is 7.11. The first-order valence-corrected chi connectivity index (χ1v) is 9.96. The molecule has 0 atom stereocenters. The predicted molar refractivity (Wildman–Crippen MR) is 117 cm³/mol. The molecule has 0 fully saturated rings. The molecule has 0 bridgehead atoms. The van der Waals surface area contributed by atoms with Crippen LogP contribution in [0, 0.1) is 0 Å². The van der Waals surface area contributed by atoms with Crippen molar-refractivity contribution in [3.05, 3.63) is 89.9 Å². The molecule has 0 unspecified atom stereocenters. The number of carbonyl (C=O) groups excluding carboxylic acids is 1. The van der Waals surface area contributed by atoms with E-state index < -0.39 is 0 Å². The molecular weight excluding hydrogens is 362 g/mol. The van der Waals surface area contributed by atoms with Gasteiger partial charge in [-0.25, -0.2) is 0 Å². The van der Waals surface area contributed by atoms with Gasteiger partial charge in [-0.3, -0.25) is 4.79 Å². The Morgan fingerprint density at radius 3 is 2.62 bits per heavy atom. The zero-order chi connectivity index (χ0) is 20.5. The van der Waals surface area contributed by atoms with Gasteiger partial charge < -0.3 is 14.5 Å². The molecule has 1 aromatic heterocycles. The Kier molecular flexibility index (Phi) is 7.28. The molecule has 0 radical (unpaired) electrons. The van der Waals surface area contributed by atoms with E-state index in [9.17, 15) is 4.79 Å². The van der Waals surface area contributed by atoms with E-state index in [-0.39, 0.29) is 12.0 Å². The van der Waals surface area contributed by atoms with Gasteiger partial charge in [-0.1, -0.05) is 42.5 Å². The van der Waals surface area contributed by atoms with E-state index in [1.807, 2.05) is 68.4 Å². The molecule has 29 heavy (non-hydrogen) atoms. The molecule has 2 aromatic carbocycles. The molecule has 0 aliphatic heterocycles. The standard InChI is InChI=1S/C25H27NO3/c1-19(2)29-23-13-6-9-20(17-23)10-7-15-26-25(27)24(18-22-14-8-16-28-22)21-11-4-3-5-12-21/h3-6,8-9,11-14,16-19H,7,10,15H2,1-2H3,(H,26,27)/b24-18+. The monoisotopic (exact) mass is 389 g/mol. The minimum Gasteiger partial charge on any atom is -0.491 e. The average Bonchev–Trinajstić information content (AvgIpc) is 3.23. The highest BCUT2D eigenvalue weighted by atomic mass is 16.5. The topological polar surface area (TPSA) is 51.5 Å². The van der Waals surface area contributed by atoms with Gasteiger partial charge in [0.2, 0.25) is 0 Å². The minimum absolute atomic E-state index is 0.107. The maximum Gasteiger partial charge on any atom is 0.252 e. The third-order valence-corrected chi connectivity index (χ3v) is 4.36. The molecule has 1 amide bonds. The van der Waals surface area contributed by atoms with Crippen LogP contribution in [0.4, 0.5) is 0 Å². The Bertz CT molecular complexity index is 928. The van der Waals surface area contributed by atoms with Crippen LogP contribution in [-0.4, -0.2) is 18.6 Å². The van der Waals surface area contributed by atoms with Gasteiger partial charge in [0.05, 0.1) is 17.9 Å².